The van der Waals surface area contributed by atoms with Crippen LogP contribution in [-0.2, 0) is 11.3 Å². The Morgan fingerprint density at radius 2 is 1.82 bits per heavy atom. The first-order valence-electron chi connectivity index (χ1n) is 6.97. The number of benzene rings is 2. The van der Waals surface area contributed by atoms with E-state index in [0.29, 0.717) is 5.58 Å². The Labute approximate surface area is 128 Å². The summed E-state index contributed by atoms with van der Waals surface area (Å²) in [5.41, 5.74) is 2.38. The molecule has 4 nitrogen and oxygen atoms in total. The molecule has 0 amide bonds. The molecule has 0 aliphatic rings. The Hall–Kier alpha value is -2.75. The molecule has 0 bridgehead atoms. The number of hydrogen-bond acceptors (Lipinski definition) is 4. The fraction of sp³-hybridized carbons (Fsp3) is 0.167. The number of aryl methyl sites for hydroxylation is 1. The van der Waals surface area contributed by atoms with Gasteiger partial charge < -0.3 is 13.9 Å². The Morgan fingerprint density at radius 1 is 1.09 bits per heavy atom. The molecule has 0 saturated heterocycles. The molecule has 4 heteroatoms. The first-order valence-corrected chi connectivity index (χ1v) is 6.97. The van der Waals surface area contributed by atoms with Crippen molar-refractivity contribution in [2.75, 3.05) is 7.11 Å². The van der Waals surface area contributed by atoms with E-state index in [9.17, 15) is 4.79 Å². The number of rotatable bonds is 4. The molecule has 1 aromatic heterocycles. The molecule has 0 aliphatic heterocycles. The molecule has 0 atom stereocenters. The highest BCUT2D eigenvalue weighted by atomic mass is 16.5. The van der Waals surface area contributed by atoms with Crippen LogP contribution in [0.25, 0.3) is 11.0 Å². The van der Waals surface area contributed by atoms with Crippen molar-refractivity contribution in [3.63, 3.8) is 0 Å². The minimum atomic E-state index is -0.454. The second-order valence-corrected chi connectivity index (χ2v) is 4.98. The van der Waals surface area contributed by atoms with Gasteiger partial charge in [-0.3, -0.25) is 0 Å². The van der Waals surface area contributed by atoms with Gasteiger partial charge in [0.1, 0.15) is 17.9 Å². The van der Waals surface area contributed by atoms with Crippen LogP contribution in [0.15, 0.2) is 52.9 Å². The van der Waals surface area contributed by atoms with E-state index in [-0.39, 0.29) is 12.4 Å². The number of methoxy groups -OCH3 is 1. The lowest BCUT2D eigenvalue weighted by Crippen LogP contribution is -2.05. The Bertz CT molecular complexity index is 800. The molecule has 0 radical (unpaired) electrons. The van der Waals surface area contributed by atoms with E-state index in [2.05, 4.69) is 0 Å². The summed E-state index contributed by atoms with van der Waals surface area (Å²) in [6.07, 6.45) is 0. The Kier molecular flexibility index (Phi) is 3.83. The molecule has 3 aromatic rings. The highest BCUT2D eigenvalue weighted by molar-refractivity contribution is 5.95. The quantitative estimate of drug-likeness (QED) is 0.680. The van der Waals surface area contributed by atoms with Crippen molar-refractivity contribution >= 4 is 16.9 Å². The SMILES string of the molecule is COc1ccc(COC(=O)c2oc3ccccc3c2C)cc1. The van der Waals surface area contributed by atoms with Gasteiger partial charge in [-0.2, -0.15) is 0 Å². The zero-order valence-corrected chi connectivity index (χ0v) is 12.5. The van der Waals surface area contributed by atoms with Crippen molar-refractivity contribution in [1.82, 2.24) is 0 Å². The highest BCUT2D eigenvalue weighted by Gasteiger charge is 2.18. The van der Waals surface area contributed by atoms with Crippen molar-refractivity contribution in [1.29, 1.82) is 0 Å². The maximum absolute atomic E-state index is 12.2. The summed E-state index contributed by atoms with van der Waals surface area (Å²) < 4.78 is 16.0. The average molecular weight is 296 g/mol. The van der Waals surface area contributed by atoms with E-state index >= 15 is 0 Å². The molecular formula is C18H16O4. The number of carbonyl (C=O) groups is 1. The van der Waals surface area contributed by atoms with Crippen LogP contribution in [0.3, 0.4) is 0 Å². The largest absolute Gasteiger partial charge is 0.497 e. The molecule has 0 saturated carbocycles. The number of furan rings is 1. The van der Waals surface area contributed by atoms with E-state index in [1.165, 1.54) is 0 Å². The van der Waals surface area contributed by atoms with Crippen LogP contribution >= 0.6 is 0 Å². The van der Waals surface area contributed by atoms with Crippen LogP contribution in [0, 0.1) is 6.92 Å². The van der Waals surface area contributed by atoms with Crippen LogP contribution < -0.4 is 4.74 Å². The van der Waals surface area contributed by atoms with Gasteiger partial charge in [0.25, 0.3) is 0 Å². The molecule has 0 spiro atoms. The Balaban J connectivity index is 1.74. The number of carbonyl (C=O) groups excluding carboxylic acids is 1. The third kappa shape index (κ3) is 2.68. The van der Waals surface area contributed by atoms with Gasteiger partial charge >= 0.3 is 5.97 Å². The predicted molar refractivity (Wildman–Crippen MR) is 83.1 cm³/mol. The van der Waals surface area contributed by atoms with Crippen LogP contribution in [0.5, 0.6) is 5.75 Å². The van der Waals surface area contributed by atoms with Gasteiger partial charge in [0.05, 0.1) is 7.11 Å². The first-order chi connectivity index (χ1) is 10.7. The maximum atomic E-state index is 12.2. The van der Waals surface area contributed by atoms with Gasteiger partial charge in [0, 0.05) is 10.9 Å². The monoisotopic (exact) mass is 296 g/mol. The zero-order valence-electron chi connectivity index (χ0n) is 12.5. The zero-order chi connectivity index (χ0) is 15.5. The summed E-state index contributed by atoms with van der Waals surface area (Å²) in [5, 5.41) is 0.930. The third-order valence-corrected chi connectivity index (χ3v) is 3.56. The van der Waals surface area contributed by atoms with Gasteiger partial charge in [-0.05, 0) is 30.7 Å². The van der Waals surface area contributed by atoms with E-state index in [1.54, 1.807) is 7.11 Å². The summed E-state index contributed by atoms with van der Waals surface area (Å²) in [6, 6.07) is 14.9. The minimum Gasteiger partial charge on any atom is -0.497 e. The number of esters is 1. The molecule has 0 N–H and O–H groups in total. The van der Waals surface area contributed by atoms with Crippen molar-refractivity contribution in [3.8, 4) is 5.75 Å². The van der Waals surface area contributed by atoms with Gasteiger partial charge in [0.2, 0.25) is 5.76 Å². The molecule has 1 heterocycles. The summed E-state index contributed by atoms with van der Waals surface area (Å²) in [7, 11) is 1.61. The van der Waals surface area contributed by atoms with Crippen molar-refractivity contribution < 1.29 is 18.7 Å². The maximum Gasteiger partial charge on any atom is 0.374 e. The summed E-state index contributed by atoms with van der Waals surface area (Å²) >= 11 is 0. The molecule has 3 rings (SSSR count). The number of hydrogen-bond donors (Lipinski definition) is 0. The molecule has 0 unspecified atom stereocenters. The molecule has 0 fully saturated rings. The second kappa shape index (κ2) is 5.93. The molecule has 112 valence electrons. The van der Waals surface area contributed by atoms with Gasteiger partial charge in [-0.15, -0.1) is 0 Å². The number of para-hydroxylation sites is 1. The van der Waals surface area contributed by atoms with E-state index < -0.39 is 5.97 Å². The highest BCUT2D eigenvalue weighted by Crippen LogP contribution is 2.25. The standard InChI is InChI=1S/C18H16O4/c1-12-15-5-3-4-6-16(15)22-17(12)18(19)21-11-13-7-9-14(20-2)10-8-13/h3-10H,11H2,1-2H3. The first kappa shape index (κ1) is 14.2. The lowest BCUT2D eigenvalue weighted by Gasteiger charge is -2.05. The van der Waals surface area contributed by atoms with Crippen LogP contribution in [0.1, 0.15) is 21.7 Å². The lowest BCUT2D eigenvalue weighted by molar-refractivity contribution is 0.0437. The van der Waals surface area contributed by atoms with Gasteiger partial charge in [-0.25, -0.2) is 4.79 Å². The van der Waals surface area contributed by atoms with E-state index in [0.717, 1.165) is 22.3 Å². The lowest BCUT2D eigenvalue weighted by atomic mass is 10.1. The van der Waals surface area contributed by atoms with Crippen LogP contribution in [0.4, 0.5) is 0 Å². The summed E-state index contributed by atoms with van der Waals surface area (Å²) in [6.45, 7) is 2.05. The van der Waals surface area contributed by atoms with E-state index in [4.69, 9.17) is 13.9 Å². The third-order valence-electron chi connectivity index (χ3n) is 3.56. The van der Waals surface area contributed by atoms with Gasteiger partial charge in [-0.1, -0.05) is 30.3 Å². The van der Waals surface area contributed by atoms with Gasteiger partial charge in [0.15, 0.2) is 0 Å². The van der Waals surface area contributed by atoms with E-state index in [1.807, 2.05) is 55.5 Å². The molecule has 22 heavy (non-hydrogen) atoms. The molecule has 0 aliphatic carbocycles. The molecule has 2 aromatic carbocycles. The fourth-order valence-corrected chi connectivity index (χ4v) is 2.31. The van der Waals surface area contributed by atoms with Crippen LogP contribution in [-0.4, -0.2) is 13.1 Å². The van der Waals surface area contributed by atoms with Crippen molar-refractivity contribution in [3.05, 3.63) is 65.4 Å². The van der Waals surface area contributed by atoms with Crippen LogP contribution in [0.2, 0.25) is 0 Å². The summed E-state index contributed by atoms with van der Waals surface area (Å²) in [5.74, 6) is 0.572. The minimum absolute atomic E-state index is 0.194. The number of fused-ring (bicyclic) bond motifs is 1. The summed E-state index contributed by atoms with van der Waals surface area (Å²) in [4.78, 5) is 12.2. The normalized spacial score (nSPS) is 10.6. The Morgan fingerprint density at radius 3 is 2.50 bits per heavy atom. The van der Waals surface area contributed by atoms with Crippen molar-refractivity contribution in [2.24, 2.45) is 0 Å². The fourth-order valence-electron chi connectivity index (χ4n) is 2.31. The topological polar surface area (TPSA) is 48.7 Å². The average Bonchev–Trinajstić information content (AvgIpc) is 2.90. The smallest absolute Gasteiger partial charge is 0.374 e. The number of ether oxygens (including phenoxy) is 2. The molecular weight excluding hydrogens is 280 g/mol. The second-order valence-electron chi connectivity index (χ2n) is 4.98. The van der Waals surface area contributed by atoms with Crippen molar-refractivity contribution in [2.45, 2.75) is 13.5 Å². The predicted octanol–water partition coefficient (Wildman–Crippen LogP) is 4.11.